The molecular weight excluding hydrogens is 213 g/mol. The van der Waals surface area contributed by atoms with Crippen molar-refractivity contribution in [2.45, 2.75) is 13.2 Å². The zero-order valence-electron chi connectivity index (χ0n) is 7.04. The van der Waals surface area contributed by atoms with Gasteiger partial charge < -0.3 is 15.9 Å². The lowest BCUT2D eigenvalue weighted by Gasteiger charge is -1.95. The highest BCUT2D eigenvalue weighted by Gasteiger charge is 1.99. The van der Waals surface area contributed by atoms with Crippen LogP contribution in [0, 0.1) is 0 Å². The molecule has 1 aromatic rings. The highest BCUT2D eigenvalue weighted by molar-refractivity contribution is 6.42. The number of phenols is 1. The number of hydrogen-bond acceptors (Lipinski definition) is 3. The lowest BCUT2D eigenvalue weighted by molar-refractivity contribution is 0.203. The molecule has 1 aromatic carbocycles. The Morgan fingerprint density at radius 1 is 1.38 bits per heavy atom. The molecule has 0 saturated carbocycles. The van der Waals surface area contributed by atoms with Crippen molar-refractivity contribution in [2.75, 3.05) is 0 Å². The van der Waals surface area contributed by atoms with Crippen molar-refractivity contribution in [1.82, 2.24) is 0 Å². The van der Waals surface area contributed by atoms with E-state index in [1.54, 1.807) is 12.1 Å². The van der Waals surface area contributed by atoms with Crippen LogP contribution in [-0.2, 0) is 0 Å². The van der Waals surface area contributed by atoms with Gasteiger partial charge in [-0.1, -0.05) is 29.3 Å². The fourth-order valence-corrected chi connectivity index (χ4v) is 0.788. The van der Waals surface area contributed by atoms with Crippen molar-refractivity contribution in [3.63, 3.8) is 0 Å². The van der Waals surface area contributed by atoms with Crippen molar-refractivity contribution < 1.29 is 10.2 Å². The molecule has 74 valence electrons. The van der Waals surface area contributed by atoms with Crippen LogP contribution in [0.25, 0.3) is 0 Å². The van der Waals surface area contributed by atoms with E-state index in [2.05, 4.69) is 5.73 Å². The average molecular weight is 224 g/mol. The first-order valence-electron chi connectivity index (χ1n) is 3.51. The van der Waals surface area contributed by atoms with Gasteiger partial charge in [-0.2, -0.15) is 0 Å². The van der Waals surface area contributed by atoms with E-state index in [-0.39, 0.29) is 10.8 Å². The van der Waals surface area contributed by atoms with Crippen molar-refractivity contribution in [1.29, 1.82) is 0 Å². The molecule has 1 unspecified atom stereocenters. The summed E-state index contributed by atoms with van der Waals surface area (Å²) in [5, 5.41) is 17.3. The summed E-state index contributed by atoms with van der Waals surface area (Å²) >= 11 is 11.0. The molecule has 0 aliphatic carbocycles. The second-order valence-corrected chi connectivity index (χ2v) is 3.10. The standard InChI is InChI=1S/C6H4Cl2O.C2H7NO/c7-4-2-1-3-5(9)6(4)8;1-2(3)4/h1-3,9H;2,4H,3H2,1H3. The molecule has 0 fully saturated rings. The Morgan fingerprint density at radius 2 is 1.85 bits per heavy atom. The van der Waals surface area contributed by atoms with E-state index in [4.69, 9.17) is 33.4 Å². The van der Waals surface area contributed by atoms with Gasteiger partial charge in [-0.25, -0.2) is 0 Å². The Morgan fingerprint density at radius 3 is 2.15 bits per heavy atom. The lowest BCUT2D eigenvalue weighted by atomic mass is 10.3. The highest BCUT2D eigenvalue weighted by atomic mass is 35.5. The number of rotatable bonds is 0. The number of nitrogens with two attached hydrogens (primary N) is 1. The summed E-state index contributed by atoms with van der Waals surface area (Å²) in [6.45, 7) is 1.50. The third kappa shape index (κ3) is 5.71. The van der Waals surface area contributed by atoms with Crippen molar-refractivity contribution in [3.8, 4) is 5.75 Å². The molecular formula is C8H11Cl2NO2. The first-order valence-corrected chi connectivity index (χ1v) is 4.27. The zero-order chi connectivity index (χ0) is 10.4. The van der Waals surface area contributed by atoms with Gasteiger partial charge in [0, 0.05) is 0 Å². The molecule has 1 atom stereocenters. The van der Waals surface area contributed by atoms with Crippen LogP contribution in [-0.4, -0.2) is 16.4 Å². The van der Waals surface area contributed by atoms with Gasteiger partial charge >= 0.3 is 0 Å². The highest BCUT2D eigenvalue weighted by Crippen LogP contribution is 2.29. The minimum Gasteiger partial charge on any atom is -0.506 e. The normalized spacial score (nSPS) is 11.5. The van der Waals surface area contributed by atoms with Crippen LogP contribution < -0.4 is 5.73 Å². The van der Waals surface area contributed by atoms with E-state index in [0.29, 0.717) is 5.02 Å². The molecule has 0 saturated heterocycles. The maximum Gasteiger partial charge on any atom is 0.135 e. The summed E-state index contributed by atoms with van der Waals surface area (Å²) in [6.07, 6.45) is -0.667. The molecule has 0 heterocycles. The van der Waals surface area contributed by atoms with Crippen LogP contribution in [0.4, 0.5) is 0 Å². The van der Waals surface area contributed by atoms with E-state index >= 15 is 0 Å². The topological polar surface area (TPSA) is 66.5 Å². The smallest absolute Gasteiger partial charge is 0.135 e. The second kappa shape index (κ2) is 6.05. The Hall–Kier alpha value is -0.480. The Labute approximate surface area is 86.7 Å². The molecule has 4 N–H and O–H groups in total. The van der Waals surface area contributed by atoms with Gasteiger partial charge in [-0.15, -0.1) is 0 Å². The molecule has 0 aliphatic heterocycles. The van der Waals surface area contributed by atoms with Gasteiger partial charge in [0.2, 0.25) is 0 Å². The van der Waals surface area contributed by atoms with Crippen LogP contribution in [0.2, 0.25) is 10.0 Å². The number of hydrogen-bond donors (Lipinski definition) is 3. The minimum absolute atomic E-state index is 0.0177. The van der Waals surface area contributed by atoms with E-state index in [0.717, 1.165) is 0 Å². The van der Waals surface area contributed by atoms with E-state index in [1.807, 2.05) is 0 Å². The van der Waals surface area contributed by atoms with Gasteiger partial charge in [0.05, 0.1) is 11.3 Å². The SMILES string of the molecule is CC(N)O.Oc1cccc(Cl)c1Cl. The zero-order valence-corrected chi connectivity index (χ0v) is 8.55. The monoisotopic (exact) mass is 223 g/mol. The molecule has 0 amide bonds. The predicted octanol–water partition coefficient (Wildman–Crippen LogP) is 1.98. The van der Waals surface area contributed by atoms with Gasteiger partial charge in [-0.05, 0) is 19.1 Å². The van der Waals surface area contributed by atoms with Crippen LogP contribution in [0.15, 0.2) is 18.2 Å². The lowest BCUT2D eigenvalue weighted by Crippen LogP contribution is -2.11. The maximum atomic E-state index is 8.88. The molecule has 5 heteroatoms. The Kier molecular flexibility index (Phi) is 5.82. The number of phenolic OH excluding ortho intramolecular Hbond substituents is 1. The molecule has 0 aliphatic rings. The van der Waals surface area contributed by atoms with Crippen molar-refractivity contribution >= 4 is 23.2 Å². The number of aliphatic hydroxyl groups is 1. The van der Waals surface area contributed by atoms with Gasteiger partial charge in [0.25, 0.3) is 0 Å². The Bertz CT molecular complexity index is 243. The molecule has 0 radical (unpaired) electrons. The van der Waals surface area contributed by atoms with E-state index in [1.165, 1.54) is 13.0 Å². The fourth-order valence-electron chi connectivity index (χ4n) is 0.492. The van der Waals surface area contributed by atoms with E-state index < -0.39 is 6.23 Å². The molecule has 3 nitrogen and oxygen atoms in total. The summed E-state index contributed by atoms with van der Waals surface area (Å²) < 4.78 is 0. The van der Waals surface area contributed by atoms with Gasteiger partial charge in [-0.3, -0.25) is 0 Å². The third-order valence-corrected chi connectivity index (χ3v) is 1.74. The summed E-state index contributed by atoms with van der Waals surface area (Å²) in [7, 11) is 0. The van der Waals surface area contributed by atoms with Crippen LogP contribution in [0.1, 0.15) is 6.92 Å². The van der Waals surface area contributed by atoms with Crippen LogP contribution in [0.3, 0.4) is 0 Å². The van der Waals surface area contributed by atoms with Gasteiger partial charge in [0.15, 0.2) is 0 Å². The number of aliphatic hydroxyl groups excluding tert-OH is 1. The molecule has 13 heavy (non-hydrogen) atoms. The van der Waals surface area contributed by atoms with Crippen molar-refractivity contribution in [3.05, 3.63) is 28.2 Å². The molecule has 0 aromatic heterocycles. The molecule has 0 bridgehead atoms. The second-order valence-electron chi connectivity index (χ2n) is 2.31. The number of halogens is 2. The summed E-state index contributed by atoms with van der Waals surface area (Å²) in [6, 6.07) is 4.72. The summed E-state index contributed by atoms with van der Waals surface area (Å²) in [5.74, 6) is 0.0177. The fraction of sp³-hybridized carbons (Fsp3) is 0.250. The van der Waals surface area contributed by atoms with Gasteiger partial charge in [0.1, 0.15) is 10.8 Å². The predicted molar refractivity (Wildman–Crippen MR) is 54.0 cm³/mol. The summed E-state index contributed by atoms with van der Waals surface area (Å²) in [5.41, 5.74) is 4.67. The molecule has 0 spiro atoms. The third-order valence-electron chi connectivity index (χ3n) is 0.931. The largest absolute Gasteiger partial charge is 0.506 e. The minimum atomic E-state index is -0.667. The molecule has 1 rings (SSSR count). The van der Waals surface area contributed by atoms with Crippen LogP contribution in [0.5, 0.6) is 5.75 Å². The van der Waals surface area contributed by atoms with Crippen molar-refractivity contribution in [2.24, 2.45) is 5.73 Å². The van der Waals surface area contributed by atoms with E-state index in [9.17, 15) is 0 Å². The quantitative estimate of drug-likeness (QED) is 0.590. The van der Waals surface area contributed by atoms with Crippen LogP contribution >= 0.6 is 23.2 Å². The summed E-state index contributed by atoms with van der Waals surface area (Å²) in [4.78, 5) is 0. The number of benzene rings is 1. The Balaban J connectivity index is 0.000000310. The maximum absolute atomic E-state index is 8.88. The first kappa shape index (κ1) is 12.5. The number of aromatic hydroxyl groups is 1. The average Bonchev–Trinajstić information content (AvgIpc) is 1.99. The first-order chi connectivity index (χ1) is 5.95.